The topological polar surface area (TPSA) is 90.4 Å². The first kappa shape index (κ1) is 32.6. The normalized spacial score (nSPS) is 18.2. The van der Waals surface area contributed by atoms with Crippen LogP contribution in [0, 0.1) is 0 Å². The Kier molecular flexibility index (Phi) is 9.27. The summed E-state index contributed by atoms with van der Waals surface area (Å²) in [7, 11) is -3.71. The molecule has 0 radical (unpaired) electrons. The fourth-order valence-corrected chi connectivity index (χ4v) is 8.06. The molecule has 8 nitrogen and oxygen atoms in total. The van der Waals surface area contributed by atoms with Crippen molar-refractivity contribution in [3.05, 3.63) is 99.5 Å². The molecule has 3 aromatic carbocycles. The van der Waals surface area contributed by atoms with Crippen LogP contribution in [0.15, 0.2) is 72.8 Å². The highest BCUT2D eigenvalue weighted by Gasteiger charge is 2.54. The number of likely N-dealkylation sites (tertiary alicyclic amines) is 1. The number of ether oxygens (including phenoxy) is 1. The van der Waals surface area contributed by atoms with Crippen LogP contribution in [-0.4, -0.2) is 86.1 Å². The van der Waals surface area contributed by atoms with E-state index in [-0.39, 0.29) is 25.2 Å². The second kappa shape index (κ2) is 12.5. The van der Waals surface area contributed by atoms with Gasteiger partial charge in [-0.15, -0.1) is 0 Å². The molecule has 2 aliphatic heterocycles. The molecule has 2 aliphatic rings. The molecular weight excluding hydrogens is 621 g/mol. The van der Waals surface area contributed by atoms with Crippen molar-refractivity contribution in [3.63, 3.8) is 0 Å². The van der Waals surface area contributed by atoms with Gasteiger partial charge >= 0.3 is 6.09 Å². The Balaban J connectivity index is 1.36. The molecular formula is C33H39Cl2N3O5S. The van der Waals surface area contributed by atoms with Crippen LogP contribution >= 0.6 is 23.2 Å². The highest BCUT2D eigenvalue weighted by atomic mass is 35.5. The van der Waals surface area contributed by atoms with Gasteiger partial charge in [-0.05, 0) is 73.9 Å². The third-order valence-corrected chi connectivity index (χ3v) is 10.1. The molecule has 0 spiro atoms. The average Bonchev–Trinajstić information content (AvgIpc) is 2.93. The van der Waals surface area contributed by atoms with Crippen molar-refractivity contribution in [2.45, 2.75) is 43.3 Å². The number of carbonyl (C=O) groups is 1. The van der Waals surface area contributed by atoms with Gasteiger partial charge in [0.2, 0.25) is 0 Å². The number of hydrogen-bond donors (Lipinski definition) is 1. The van der Waals surface area contributed by atoms with Gasteiger partial charge in [0, 0.05) is 61.3 Å². The number of nitrogens with zero attached hydrogens (tertiary/aromatic N) is 3. The van der Waals surface area contributed by atoms with Gasteiger partial charge in [-0.1, -0.05) is 59.6 Å². The van der Waals surface area contributed by atoms with Crippen molar-refractivity contribution >= 4 is 44.8 Å². The maximum Gasteiger partial charge on any atom is 0.410 e. The zero-order chi connectivity index (χ0) is 31.9. The van der Waals surface area contributed by atoms with Gasteiger partial charge < -0.3 is 19.6 Å². The predicted molar refractivity (Wildman–Crippen MR) is 175 cm³/mol. The zero-order valence-electron chi connectivity index (χ0n) is 25.4. The van der Waals surface area contributed by atoms with Crippen LogP contribution in [0.5, 0.6) is 0 Å². The number of hydrogen-bond acceptors (Lipinski definition) is 7. The molecule has 2 heterocycles. The first-order valence-corrected chi connectivity index (χ1v) is 17.3. The number of aliphatic hydroxyl groups is 1. The highest BCUT2D eigenvalue weighted by molar-refractivity contribution is 7.91. The minimum Gasteiger partial charge on any atom is -0.444 e. The summed E-state index contributed by atoms with van der Waals surface area (Å²) in [5, 5.41) is 12.0. The summed E-state index contributed by atoms with van der Waals surface area (Å²) in [6.07, 6.45) is 0.843. The van der Waals surface area contributed by atoms with Crippen LogP contribution in [0.1, 0.15) is 48.8 Å². The summed E-state index contributed by atoms with van der Waals surface area (Å²) >= 11 is 12.3. The average molecular weight is 661 g/mol. The summed E-state index contributed by atoms with van der Waals surface area (Å²) < 4.78 is 32.1. The Morgan fingerprint density at radius 2 is 1.39 bits per heavy atom. The number of sulfone groups is 1. The predicted octanol–water partition coefficient (Wildman–Crippen LogP) is 5.97. The number of piperazine rings is 1. The molecule has 1 unspecified atom stereocenters. The van der Waals surface area contributed by atoms with Gasteiger partial charge in [0.05, 0.1) is 6.04 Å². The Morgan fingerprint density at radius 3 is 1.86 bits per heavy atom. The molecule has 0 bridgehead atoms. The lowest BCUT2D eigenvalue weighted by Gasteiger charge is -2.53. The fraction of sp³-hybridized carbons (Fsp3) is 0.424. The number of rotatable bonds is 7. The maximum atomic E-state index is 13.3. The number of anilines is 1. The number of halogens is 2. The van der Waals surface area contributed by atoms with Crippen LogP contribution < -0.4 is 4.90 Å². The standard InChI is InChI=1S/C33H39Cl2N3O5S/c1-32(2,3)43-31(39)37-18-16-36(17-19-37)28-7-5-6-25(20-28)30(44(4,41)42)33(40)21-38(22-33)29(23-8-12-26(34)13-9-23)24-10-14-27(35)15-11-24/h5-15,20,29-30,40H,16-19,21-22H2,1-4H3. The van der Waals surface area contributed by atoms with Gasteiger partial charge in [0.1, 0.15) is 16.5 Å². The first-order chi connectivity index (χ1) is 20.6. The molecule has 1 N–H and O–H groups in total. The summed E-state index contributed by atoms with van der Waals surface area (Å²) in [5.74, 6) is 0. The van der Waals surface area contributed by atoms with Crippen LogP contribution in [0.4, 0.5) is 10.5 Å². The molecule has 0 saturated carbocycles. The third-order valence-electron chi connectivity index (χ3n) is 8.08. The van der Waals surface area contributed by atoms with E-state index in [0.717, 1.165) is 16.8 Å². The van der Waals surface area contributed by atoms with Crippen LogP contribution in [-0.2, 0) is 14.6 Å². The molecule has 3 aromatic rings. The monoisotopic (exact) mass is 659 g/mol. The van der Waals surface area contributed by atoms with Gasteiger partial charge in [-0.3, -0.25) is 4.90 Å². The van der Waals surface area contributed by atoms with E-state index in [1.54, 1.807) is 11.0 Å². The molecule has 1 amide bonds. The second-order valence-corrected chi connectivity index (χ2v) is 15.8. The lowest BCUT2D eigenvalue weighted by molar-refractivity contribution is -0.112. The first-order valence-electron chi connectivity index (χ1n) is 14.6. The lowest BCUT2D eigenvalue weighted by Crippen LogP contribution is -2.66. The van der Waals surface area contributed by atoms with E-state index in [2.05, 4.69) is 9.80 Å². The Bertz CT molecular complexity index is 1530. The number of amides is 1. The Labute approximate surface area is 270 Å². The van der Waals surface area contributed by atoms with E-state index in [1.807, 2.05) is 87.5 Å². The largest absolute Gasteiger partial charge is 0.444 e. The van der Waals surface area contributed by atoms with Gasteiger partial charge in [-0.2, -0.15) is 0 Å². The number of benzene rings is 3. The molecule has 44 heavy (non-hydrogen) atoms. The van der Waals surface area contributed by atoms with E-state index in [4.69, 9.17) is 27.9 Å². The molecule has 2 saturated heterocycles. The van der Waals surface area contributed by atoms with Gasteiger partial charge in [-0.25, -0.2) is 13.2 Å². The van der Waals surface area contributed by atoms with E-state index >= 15 is 0 Å². The zero-order valence-corrected chi connectivity index (χ0v) is 27.7. The van der Waals surface area contributed by atoms with E-state index < -0.39 is 26.3 Å². The van der Waals surface area contributed by atoms with Gasteiger partial charge in [0.15, 0.2) is 9.84 Å². The highest BCUT2D eigenvalue weighted by Crippen LogP contribution is 2.45. The van der Waals surface area contributed by atoms with Crippen molar-refractivity contribution in [1.29, 1.82) is 0 Å². The maximum absolute atomic E-state index is 13.3. The quantitative estimate of drug-likeness (QED) is 0.334. The van der Waals surface area contributed by atoms with Crippen molar-refractivity contribution in [2.24, 2.45) is 0 Å². The molecule has 2 fully saturated rings. The second-order valence-electron chi connectivity index (χ2n) is 12.8. The van der Waals surface area contributed by atoms with Crippen LogP contribution in [0.3, 0.4) is 0 Å². The van der Waals surface area contributed by atoms with E-state index in [9.17, 15) is 18.3 Å². The van der Waals surface area contributed by atoms with E-state index in [1.165, 1.54) is 6.26 Å². The van der Waals surface area contributed by atoms with Crippen LogP contribution in [0.2, 0.25) is 10.0 Å². The van der Waals surface area contributed by atoms with Crippen LogP contribution in [0.25, 0.3) is 0 Å². The molecule has 236 valence electrons. The summed E-state index contributed by atoms with van der Waals surface area (Å²) in [6, 6.07) is 22.2. The van der Waals surface area contributed by atoms with Crippen molar-refractivity contribution in [3.8, 4) is 0 Å². The molecule has 11 heteroatoms. The van der Waals surface area contributed by atoms with Crippen molar-refractivity contribution in [1.82, 2.24) is 9.80 Å². The third kappa shape index (κ3) is 7.35. The van der Waals surface area contributed by atoms with E-state index in [0.29, 0.717) is 41.8 Å². The van der Waals surface area contributed by atoms with Gasteiger partial charge in [0.25, 0.3) is 0 Å². The number of carbonyl (C=O) groups excluding carboxylic acids is 1. The lowest BCUT2D eigenvalue weighted by atomic mass is 9.82. The minimum atomic E-state index is -3.71. The van der Waals surface area contributed by atoms with Crippen molar-refractivity contribution < 1.29 is 23.1 Å². The smallest absolute Gasteiger partial charge is 0.410 e. The molecule has 1 atom stereocenters. The SMILES string of the molecule is CC(C)(C)OC(=O)N1CCN(c2cccc(C(C3(O)CN(C(c4ccc(Cl)cc4)c4ccc(Cl)cc4)C3)S(C)(=O)=O)c2)CC1. The summed E-state index contributed by atoms with van der Waals surface area (Å²) in [4.78, 5) is 18.4. The Hall–Kier alpha value is -2.82. The molecule has 0 aliphatic carbocycles. The molecule has 0 aromatic heterocycles. The summed E-state index contributed by atoms with van der Waals surface area (Å²) in [6.45, 7) is 7.97. The van der Waals surface area contributed by atoms with Crippen molar-refractivity contribution in [2.75, 3.05) is 50.4 Å². The summed E-state index contributed by atoms with van der Waals surface area (Å²) in [5.41, 5.74) is 1.27. The fourth-order valence-electron chi connectivity index (χ4n) is 6.22. The number of β-amino-alcohol motifs (C(OH)–C–C–N with tert-alkyl or cyclic N) is 1. The minimum absolute atomic E-state index is 0.152. The Morgan fingerprint density at radius 1 is 0.864 bits per heavy atom. The molecule has 5 rings (SSSR count).